The minimum atomic E-state index is -1.46. The minimum Gasteiger partial charge on any atom is -0.396 e. The van der Waals surface area contributed by atoms with Crippen molar-refractivity contribution in [1.29, 1.82) is 0 Å². The highest BCUT2D eigenvalue weighted by molar-refractivity contribution is 5.79. The molecule has 17 atom stereocenters. The summed E-state index contributed by atoms with van der Waals surface area (Å²) in [5.41, 5.74) is -1.43. The molecule has 1 aliphatic carbocycles. The van der Waals surface area contributed by atoms with Gasteiger partial charge in [0, 0.05) is 157 Å². The molecule has 0 aromatic carbocycles. The number of hydrogen-bond donors (Lipinski definition) is 20. The standard InChI is InChI=1S/C80H143N11O30/c1-52(95)87-69-58(42-55(45-92)72(107)75(69)110)117-36-16-13-22-61(99)81-30-19-33-84-64(102)27-39-114-49-80(90-67(105)25-11-9-7-5-6-8-10-12-26-68(106)91-44-57(98)43-56(91)48-113-4,50-115-40-28-65(103)85-34-20-31-82-62(100)23-14-17-37-118-78-70(88-53(2)96)76(111)73(108)59(46-93)120-78)51-116-41-29-66(104)86-35-21-32-83-63(101)24-15-18-38-119-79-71(89-54(3)97)77(112)74(109)60(47-94)121-79/h55-60,69-79,92-94,98,107-112H,5-51H2,1-4H3,(H,81,99)(H,82,100)(H,83,101)(H,84,102)(H,85,103)(H,86,104)(H,87,95)(H,88,96)(H,89,97)(H,90,105)/t55?,56-,57+,58?,59?,60?,69?,70?,71?,72?,73?,74?,75?,76?,77?,78?,79?,80?/m0/s1. The number of carbonyl (C=O) groups excluding carboxylic acids is 11. The summed E-state index contributed by atoms with van der Waals surface area (Å²) < 4.78 is 52.2. The molecular formula is C80H143N11O30. The number of nitrogens with one attached hydrogen (secondary N) is 10. The lowest BCUT2D eigenvalue weighted by Crippen LogP contribution is -2.64. The van der Waals surface area contributed by atoms with Crippen LogP contribution in [0.25, 0.3) is 0 Å². The van der Waals surface area contributed by atoms with E-state index in [-0.39, 0.29) is 210 Å². The van der Waals surface area contributed by atoms with Crippen LogP contribution in [0.4, 0.5) is 0 Å². The Bertz CT molecular complexity index is 2770. The van der Waals surface area contributed by atoms with Gasteiger partial charge in [0.1, 0.15) is 60.4 Å². The number of nitrogens with zero attached hydrogens (tertiary/aromatic N) is 1. The van der Waals surface area contributed by atoms with E-state index in [2.05, 4.69) is 53.2 Å². The van der Waals surface area contributed by atoms with Crippen molar-refractivity contribution in [2.24, 2.45) is 5.92 Å². The van der Waals surface area contributed by atoms with Crippen molar-refractivity contribution in [3.05, 3.63) is 0 Å². The fourth-order valence-corrected chi connectivity index (χ4v) is 14.5. The molecular weight excluding hydrogens is 1590 g/mol. The lowest BCUT2D eigenvalue weighted by Gasteiger charge is -2.42. The van der Waals surface area contributed by atoms with Crippen molar-refractivity contribution in [3.63, 3.8) is 0 Å². The van der Waals surface area contributed by atoms with Gasteiger partial charge in [-0.3, -0.25) is 52.7 Å². The number of β-amino-alcohol motifs (C(OH)–C–C–N with tert-alkyl or cyclic N) is 1. The summed E-state index contributed by atoms with van der Waals surface area (Å²) >= 11 is 0. The van der Waals surface area contributed by atoms with E-state index in [1.165, 1.54) is 20.8 Å². The van der Waals surface area contributed by atoms with E-state index in [1.54, 1.807) is 12.0 Å². The smallest absolute Gasteiger partial charge is 0.222 e. The monoisotopic (exact) mass is 1740 g/mol. The van der Waals surface area contributed by atoms with Gasteiger partial charge in [0.2, 0.25) is 65.0 Å². The van der Waals surface area contributed by atoms with Crippen LogP contribution >= 0.6 is 0 Å². The highest BCUT2D eigenvalue weighted by atomic mass is 16.7. The van der Waals surface area contributed by atoms with Gasteiger partial charge >= 0.3 is 0 Å². The van der Waals surface area contributed by atoms with Gasteiger partial charge in [-0.05, 0) is 83.5 Å². The maximum atomic E-state index is 14.1. The Morgan fingerprint density at radius 1 is 0.380 bits per heavy atom. The maximum Gasteiger partial charge on any atom is 0.222 e. The summed E-state index contributed by atoms with van der Waals surface area (Å²) in [5.74, 6) is -4.23. The molecule has 698 valence electrons. The number of rotatable bonds is 65. The van der Waals surface area contributed by atoms with E-state index in [0.29, 0.717) is 90.2 Å². The fourth-order valence-electron chi connectivity index (χ4n) is 14.5. The van der Waals surface area contributed by atoms with Gasteiger partial charge < -0.3 is 152 Å². The second kappa shape index (κ2) is 61.7. The third kappa shape index (κ3) is 43.2. The Morgan fingerprint density at radius 3 is 1.11 bits per heavy atom. The van der Waals surface area contributed by atoms with Crippen LogP contribution in [-0.4, -0.2) is 363 Å². The van der Waals surface area contributed by atoms with E-state index in [1.807, 2.05) is 0 Å². The molecule has 3 aliphatic heterocycles. The van der Waals surface area contributed by atoms with Gasteiger partial charge in [-0.25, -0.2) is 0 Å². The van der Waals surface area contributed by atoms with Gasteiger partial charge in [-0.15, -0.1) is 0 Å². The van der Waals surface area contributed by atoms with Crippen molar-refractivity contribution >= 4 is 65.0 Å². The second-order valence-electron chi connectivity index (χ2n) is 31.5. The van der Waals surface area contributed by atoms with Crippen molar-refractivity contribution in [3.8, 4) is 0 Å². The largest absolute Gasteiger partial charge is 0.396 e. The van der Waals surface area contributed by atoms with E-state index >= 15 is 0 Å². The SMILES string of the molecule is COC[C@@H]1C[C@@H](O)CN1C(=O)CCCCCCCCCCC(=O)NC(COCCC(=O)NCCCNC(=O)CCCCOC1CC(CO)C(O)C(O)C1NC(C)=O)(COCCC(=O)NCCCNC(=O)CCCCOC1OC(CO)C(O)C(O)C1NC(C)=O)COCCC(=O)NCCCNC(=O)CCCCOC1OC(CO)C(O)C(O)C1NC(C)=O. The third-order valence-electron chi connectivity index (χ3n) is 21.1. The van der Waals surface area contributed by atoms with Crippen LogP contribution in [-0.2, 0) is 95.4 Å². The number of aliphatic hydroxyl groups excluding tert-OH is 10. The van der Waals surface area contributed by atoms with Crippen molar-refractivity contribution in [1.82, 2.24) is 58.1 Å². The molecule has 41 heteroatoms. The number of hydrogen-bond acceptors (Lipinski definition) is 30. The van der Waals surface area contributed by atoms with Crippen molar-refractivity contribution in [2.45, 2.75) is 297 Å². The summed E-state index contributed by atoms with van der Waals surface area (Å²) in [5, 5.41) is 129. The molecule has 0 bridgehead atoms. The molecule has 4 fully saturated rings. The molecule has 121 heavy (non-hydrogen) atoms. The summed E-state index contributed by atoms with van der Waals surface area (Å²) in [7, 11) is 1.57. The molecule has 1 saturated carbocycles. The van der Waals surface area contributed by atoms with Crippen LogP contribution in [0.2, 0.25) is 0 Å². The first kappa shape index (κ1) is 107. The molecule has 0 aromatic rings. The van der Waals surface area contributed by atoms with E-state index < -0.39 is 134 Å². The molecule has 41 nitrogen and oxygen atoms in total. The lowest BCUT2D eigenvalue weighted by atomic mass is 9.79. The Hall–Kier alpha value is -6.59. The van der Waals surface area contributed by atoms with Gasteiger partial charge in [-0.1, -0.05) is 38.5 Å². The van der Waals surface area contributed by atoms with Gasteiger partial charge in [0.05, 0.1) is 89.9 Å². The minimum absolute atomic E-state index is 0.0124. The molecule has 4 rings (SSSR count). The quantitative estimate of drug-likeness (QED) is 0.0255. The first-order chi connectivity index (χ1) is 58.0. The highest BCUT2D eigenvalue weighted by Crippen LogP contribution is 2.30. The number of ether oxygens (including phenoxy) is 9. The van der Waals surface area contributed by atoms with E-state index in [4.69, 9.17) is 42.6 Å². The first-order valence-electron chi connectivity index (χ1n) is 43.0. The second-order valence-corrected chi connectivity index (χ2v) is 31.5. The molecule has 20 N–H and O–H groups in total. The first-order valence-corrected chi connectivity index (χ1v) is 43.0. The predicted molar refractivity (Wildman–Crippen MR) is 432 cm³/mol. The highest BCUT2D eigenvalue weighted by Gasteiger charge is 2.48. The molecule has 0 spiro atoms. The van der Waals surface area contributed by atoms with E-state index in [0.717, 1.165) is 44.9 Å². The maximum absolute atomic E-state index is 14.1. The zero-order valence-corrected chi connectivity index (χ0v) is 71.1. The number of amides is 11. The number of likely N-dealkylation sites (tertiary alicyclic amines) is 1. The normalized spacial score (nSPS) is 25.1. The van der Waals surface area contributed by atoms with Crippen LogP contribution < -0.4 is 53.2 Å². The topological polar surface area (TPSA) is 597 Å². The number of aliphatic hydroxyl groups is 10. The van der Waals surface area contributed by atoms with Crippen LogP contribution in [0.1, 0.15) is 194 Å². The molecule has 3 saturated heterocycles. The Balaban J connectivity index is 1.30. The summed E-state index contributed by atoms with van der Waals surface area (Å²) in [6.45, 7) is 3.48. The summed E-state index contributed by atoms with van der Waals surface area (Å²) in [6, 6.07) is -3.20. The zero-order chi connectivity index (χ0) is 88.9. The van der Waals surface area contributed by atoms with E-state index in [9.17, 15) is 104 Å². The van der Waals surface area contributed by atoms with Crippen molar-refractivity contribution in [2.75, 3.05) is 139 Å². The third-order valence-corrected chi connectivity index (χ3v) is 21.1. The van der Waals surface area contributed by atoms with Crippen LogP contribution in [0.3, 0.4) is 0 Å². The van der Waals surface area contributed by atoms with Gasteiger partial charge in [0.25, 0.3) is 0 Å². The average molecular weight is 1740 g/mol. The average Bonchev–Trinajstić information content (AvgIpc) is 1.50. The van der Waals surface area contributed by atoms with Crippen LogP contribution in [0.15, 0.2) is 0 Å². The molecule has 3 heterocycles. The number of unbranched alkanes of at least 4 members (excludes halogenated alkanes) is 10. The Kier molecular flexibility index (Phi) is 54.4. The zero-order valence-electron chi connectivity index (χ0n) is 71.1. The molecule has 15 unspecified atom stereocenters. The number of methoxy groups -OCH3 is 1. The van der Waals surface area contributed by atoms with Crippen LogP contribution in [0, 0.1) is 5.92 Å². The Labute approximate surface area is 709 Å². The fraction of sp³-hybridized carbons (Fsp3) is 0.863. The van der Waals surface area contributed by atoms with Crippen molar-refractivity contribution < 1.29 is 146 Å². The molecule has 4 aliphatic rings. The molecule has 0 radical (unpaired) electrons. The molecule has 11 amide bonds. The lowest BCUT2D eigenvalue weighted by molar-refractivity contribution is -0.270. The van der Waals surface area contributed by atoms with Gasteiger partial charge in [-0.2, -0.15) is 0 Å². The summed E-state index contributed by atoms with van der Waals surface area (Å²) in [4.78, 5) is 141. The predicted octanol–water partition coefficient (Wildman–Crippen LogP) is -4.51. The van der Waals surface area contributed by atoms with Gasteiger partial charge in [0.15, 0.2) is 12.6 Å². The molecule has 0 aromatic heterocycles. The Morgan fingerprint density at radius 2 is 0.727 bits per heavy atom. The van der Waals surface area contributed by atoms with Crippen LogP contribution in [0.5, 0.6) is 0 Å². The summed E-state index contributed by atoms with van der Waals surface area (Å²) in [6.07, 6.45) is -2.73. The number of carbonyl (C=O) groups is 11.